The van der Waals surface area contributed by atoms with Gasteiger partial charge in [0.05, 0.1) is 5.56 Å². The molecule has 2 heterocycles. The van der Waals surface area contributed by atoms with Crippen molar-refractivity contribution in [1.29, 1.82) is 0 Å². The highest BCUT2D eigenvalue weighted by Gasteiger charge is 2.30. The van der Waals surface area contributed by atoms with Crippen molar-refractivity contribution in [2.45, 2.75) is 6.18 Å². The molecule has 0 fully saturated rings. The Hall–Kier alpha value is -1.74. The normalized spacial score (nSPS) is 10.9. The molecule has 0 bridgehead atoms. The number of halogens is 8. The molecule has 0 aliphatic heterocycles. The van der Waals surface area contributed by atoms with Crippen LogP contribution in [0.4, 0.5) is 26.3 Å². The Morgan fingerprint density at radius 2 is 1.50 bits per heavy atom. The molecule has 2 rings (SSSR count). The Labute approximate surface area is 128 Å². The maximum absolute atomic E-state index is 12.5. The van der Waals surface area contributed by atoms with Gasteiger partial charge in [0.2, 0.25) is 17.5 Å². The zero-order chi connectivity index (χ0) is 17.1. The Morgan fingerprint density at radius 3 is 1.86 bits per heavy atom. The van der Waals surface area contributed by atoms with E-state index in [1.165, 1.54) is 0 Å². The quantitative estimate of drug-likeness (QED) is 0.562. The fourth-order valence-corrected chi connectivity index (χ4v) is 1.37. The third kappa shape index (κ3) is 4.63. The molecule has 3 nitrogen and oxygen atoms in total. The van der Waals surface area contributed by atoms with Gasteiger partial charge in [-0.15, -0.1) is 0 Å². The van der Waals surface area contributed by atoms with Gasteiger partial charge in [-0.3, -0.25) is 4.79 Å². The molecular formula is C11H4Cl2F6N2O. The molecular weight excluding hydrogens is 361 g/mol. The monoisotopic (exact) mass is 364 g/mol. The van der Waals surface area contributed by atoms with E-state index in [9.17, 15) is 31.1 Å². The van der Waals surface area contributed by atoms with E-state index >= 15 is 0 Å². The molecule has 11 heteroatoms. The van der Waals surface area contributed by atoms with Crippen LogP contribution in [-0.4, -0.2) is 9.97 Å². The van der Waals surface area contributed by atoms with E-state index in [4.69, 9.17) is 23.2 Å². The van der Waals surface area contributed by atoms with Crippen molar-refractivity contribution in [2.24, 2.45) is 0 Å². The number of alkyl halides is 3. The van der Waals surface area contributed by atoms with Crippen LogP contribution in [0, 0.1) is 17.7 Å². The minimum atomic E-state index is -4.38. The molecule has 1 N–H and O–H groups in total. The molecule has 0 unspecified atom stereocenters. The molecule has 120 valence electrons. The molecule has 0 aliphatic rings. The predicted octanol–water partition coefficient (Wildman–Crippen LogP) is 4.20. The summed E-state index contributed by atoms with van der Waals surface area (Å²) in [6.07, 6.45) is -3.74. The number of H-pyrrole nitrogens is 1. The lowest BCUT2D eigenvalue weighted by Crippen LogP contribution is -2.10. The number of rotatable bonds is 0. The molecule has 0 amide bonds. The lowest BCUT2D eigenvalue weighted by atomic mass is 10.3. The number of aromatic nitrogens is 2. The zero-order valence-corrected chi connectivity index (χ0v) is 11.6. The Balaban J connectivity index is 0.000000220. The smallest absolute Gasteiger partial charge is 0.329 e. The number of aromatic amines is 1. The average Bonchev–Trinajstić information content (AvgIpc) is 2.43. The van der Waals surface area contributed by atoms with E-state index in [0.29, 0.717) is 6.20 Å². The maximum Gasteiger partial charge on any atom is 0.417 e. The highest BCUT2D eigenvalue weighted by molar-refractivity contribution is 6.34. The van der Waals surface area contributed by atoms with E-state index in [0.717, 1.165) is 12.1 Å². The van der Waals surface area contributed by atoms with E-state index in [2.05, 4.69) is 4.98 Å². The molecule has 0 aliphatic carbocycles. The second-order valence-electron chi connectivity index (χ2n) is 3.57. The van der Waals surface area contributed by atoms with Crippen LogP contribution >= 0.6 is 23.2 Å². The van der Waals surface area contributed by atoms with Crippen LogP contribution in [0.5, 0.6) is 0 Å². The molecule has 0 radical (unpaired) electrons. The molecule has 0 aromatic carbocycles. The highest BCUT2D eigenvalue weighted by atomic mass is 35.5. The summed E-state index contributed by atoms with van der Waals surface area (Å²) in [6, 6.07) is 1.57. The van der Waals surface area contributed by atoms with Crippen molar-refractivity contribution >= 4 is 23.2 Å². The highest BCUT2D eigenvalue weighted by Crippen LogP contribution is 2.27. The van der Waals surface area contributed by atoms with Crippen LogP contribution in [-0.2, 0) is 6.18 Å². The topological polar surface area (TPSA) is 45.8 Å². The van der Waals surface area contributed by atoms with Crippen LogP contribution in [0.2, 0.25) is 10.0 Å². The fraction of sp³-hybridized carbons (Fsp3) is 0.0909. The van der Waals surface area contributed by atoms with Crippen molar-refractivity contribution in [3.8, 4) is 0 Å². The van der Waals surface area contributed by atoms with Crippen LogP contribution in [0.1, 0.15) is 5.56 Å². The van der Waals surface area contributed by atoms with E-state index in [1.54, 1.807) is 0 Å². The van der Waals surface area contributed by atoms with Crippen molar-refractivity contribution in [2.75, 3.05) is 0 Å². The summed E-state index contributed by atoms with van der Waals surface area (Å²) in [7, 11) is 0. The first-order chi connectivity index (χ1) is 10.0. The van der Waals surface area contributed by atoms with Gasteiger partial charge in [0, 0.05) is 12.3 Å². The van der Waals surface area contributed by atoms with Crippen LogP contribution in [0.15, 0.2) is 23.1 Å². The Bertz CT molecular complexity index is 685. The van der Waals surface area contributed by atoms with Gasteiger partial charge >= 0.3 is 6.18 Å². The number of hydrogen-bond donors (Lipinski definition) is 1. The van der Waals surface area contributed by atoms with E-state index < -0.39 is 45.1 Å². The van der Waals surface area contributed by atoms with Gasteiger partial charge in [-0.2, -0.15) is 26.9 Å². The number of nitrogens with zero attached hydrogens (tertiary/aromatic N) is 1. The third-order valence-corrected chi connectivity index (χ3v) is 2.70. The molecule has 22 heavy (non-hydrogen) atoms. The minimum absolute atomic E-state index is 0.544. The molecule has 0 saturated heterocycles. The number of nitrogens with one attached hydrogen (secondary N) is 1. The minimum Gasteiger partial charge on any atom is -0.329 e. The van der Waals surface area contributed by atoms with Gasteiger partial charge in [-0.1, -0.05) is 23.2 Å². The fourth-order valence-electron chi connectivity index (χ4n) is 1.05. The maximum atomic E-state index is 12.5. The first kappa shape index (κ1) is 18.3. The van der Waals surface area contributed by atoms with E-state index in [-0.39, 0.29) is 0 Å². The predicted molar refractivity (Wildman–Crippen MR) is 66.2 cm³/mol. The van der Waals surface area contributed by atoms with Crippen LogP contribution < -0.4 is 5.56 Å². The third-order valence-electron chi connectivity index (χ3n) is 2.06. The number of hydrogen-bond acceptors (Lipinski definition) is 2. The van der Waals surface area contributed by atoms with Crippen LogP contribution in [0.3, 0.4) is 0 Å². The Morgan fingerprint density at radius 1 is 1.00 bits per heavy atom. The second kappa shape index (κ2) is 7.01. The molecule has 0 saturated carbocycles. The molecule has 2 aromatic rings. The standard InChI is InChI=1S/C6H4F3NO.C5Cl2F3N/c7-6(8,9)4-1-2-5(11)10-3-4;6-1-3(8)2(7)5(10)11-4(1)9/h1-3H,(H,10,11);. The van der Waals surface area contributed by atoms with Crippen molar-refractivity contribution in [1.82, 2.24) is 9.97 Å². The summed E-state index contributed by atoms with van der Waals surface area (Å²) in [5.41, 5.74) is -1.39. The first-order valence-corrected chi connectivity index (χ1v) is 5.91. The lowest BCUT2D eigenvalue weighted by Gasteiger charge is -2.03. The van der Waals surface area contributed by atoms with Gasteiger partial charge in [0.1, 0.15) is 10.0 Å². The number of pyridine rings is 2. The summed E-state index contributed by atoms with van der Waals surface area (Å²) in [4.78, 5) is 14.9. The zero-order valence-electron chi connectivity index (χ0n) is 10.1. The summed E-state index contributed by atoms with van der Waals surface area (Å²) < 4.78 is 72.3. The van der Waals surface area contributed by atoms with Gasteiger partial charge < -0.3 is 4.98 Å². The largest absolute Gasteiger partial charge is 0.417 e. The van der Waals surface area contributed by atoms with Gasteiger partial charge in [0.15, 0.2) is 5.82 Å². The van der Waals surface area contributed by atoms with Gasteiger partial charge in [0.25, 0.3) is 0 Å². The second-order valence-corrected chi connectivity index (χ2v) is 4.33. The van der Waals surface area contributed by atoms with Gasteiger partial charge in [-0.25, -0.2) is 4.39 Å². The SMILES string of the molecule is Fc1nc(F)c(Cl)c(F)c1Cl.O=c1ccc(C(F)(F)F)c[nH]1. The van der Waals surface area contributed by atoms with Crippen molar-refractivity contribution in [3.05, 3.63) is 62.0 Å². The van der Waals surface area contributed by atoms with Crippen molar-refractivity contribution < 1.29 is 26.3 Å². The molecule has 2 aromatic heterocycles. The van der Waals surface area contributed by atoms with Crippen molar-refractivity contribution in [3.63, 3.8) is 0 Å². The molecule has 0 spiro atoms. The van der Waals surface area contributed by atoms with Crippen LogP contribution in [0.25, 0.3) is 0 Å². The summed E-state index contributed by atoms with van der Waals surface area (Å²) in [6.45, 7) is 0. The van der Waals surface area contributed by atoms with E-state index in [1.807, 2.05) is 4.98 Å². The lowest BCUT2D eigenvalue weighted by molar-refractivity contribution is -0.137. The summed E-state index contributed by atoms with van der Waals surface area (Å²) in [5.74, 6) is -4.16. The Kier molecular flexibility index (Phi) is 5.84. The van der Waals surface area contributed by atoms with Gasteiger partial charge in [-0.05, 0) is 6.07 Å². The summed E-state index contributed by atoms with van der Waals surface area (Å²) >= 11 is 9.98. The first-order valence-electron chi connectivity index (χ1n) is 5.15. The summed E-state index contributed by atoms with van der Waals surface area (Å²) in [5, 5.41) is -1.81. The average molecular weight is 365 g/mol. The molecule has 0 atom stereocenters.